The molecule has 1 rings (SSSR count). The minimum absolute atomic E-state index is 0.0709. The molecule has 4 nitrogen and oxygen atoms in total. The largest absolute Gasteiger partial charge is 0.466 e. The van der Waals surface area contributed by atoms with Gasteiger partial charge in [0.25, 0.3) is 0 Å². The second-order valence-electron chi connectivity index (χ2n) is 4.32. The zero-order valence-electron chi connectivity index (χ0n) is 11.7. The fourth-order valence-corrected chi connectivity index (χ4v) is 1.58. The molecule has 0 N–H and O–H groups in total. The van der Waals surface area contributed by atoms with Crippen LogP contribution in [0.1, 0.15) is 24.8 Å². The Morgan fingerprint density at radius 2 is 1.85 bits per heavy atom. The first kappa shape index (κ1) is 16.1. The maximum atomic E-state index is 11.4. The Hall–Kier alpha value is -1.94. The van der Waals surface area contributed by atoms with E-state index >= 15 is 0 Å². The monoisotopic (exact) mass is 276 g/mol. The molecule has 4 heteroatoms. The van der Waals surface area contributed by atoms with Crippen LogP contribution in [0.25, 0.3) is 0 Å². The molecule has 0 radical (unpaired) electrons. The Labute approximate surface area is 119 Å². The third-order valence-corrected chi connectivity index (χ3v) is 2.68. The first-order valence-electron chi connectivity index (χ1n) is 6.63. The molecule has 108 valence electrons. The molecule has 0 bridgehead atoms. The quantitative estimate of drug-likeness (QED) is 0.395. The third-order valence-electron chi connectivity index (χ3n) is 2.68. The van der Waals surface area contributed by atoms with E-state index in [0.717, 1.165) is 24.5 Å². The second kappa shape index (κ2) is 9.92. The summed E-state index contributed by atoms with van der Waals surface area (Å²) in [5.74, 6) is -0.581. The summed E-state index contributed by atoms with van der Waals surface area (Å²) in [7, 11) is 1.28. The average Bonchev–Trinajstić information content (AvgIpc) is 2.49. The van der Waals surface area contributed by atoms with E-state index in [-0.39, 0.29) is 5.78 Å². The molecular weight excluding hydrogens is 256 g/mol. The Morgan fingerprint density at radius 1 is 1.10 bits per heavy atom. The van der Waals surface area contributed by atoms with Crippen LogP contribution < -0.4 is 0 Å². The predicted molar refractivity (Wildman–Crippen MR) is 76.1 cm³/mol. The van der Waals surface area contributed by atoms with Crippen molar-refractivity contribution in [3.63, 3.8) is 0 Å². The fourth-order valence-electron chi connectivity index (χ4n) is 1.58. The number of methoxy groups -OCH3 is 1. The van der Waals surface area contributed by atoms with Gasteiger partial charge in [-0.15, -0.1) is 0 Å². The number of carbonyl (C=O) groups excluding carboxylic acids is 2. The summed E-state index contributed by atoms with van der Waals surface area (Å²) in [6, 6.07) is 9.95. The molecule has 0 atom stereocenters. The third kappa shape index (κ3) is 7.48. The van der Waals surface area contributed by atoms with Crippen LogP contribution in [0.5, 0.6) is 0 Å². The number of esters is 1. The standard InChI is InChI=1S/C16H20O4/c1-19-16(18)11-10-15(17)9-5-6-12-20-13-14-7-3-2-4-8-14/h2-4,7-8,10-11H,5-6,9,12-13H2,1H3/b11-10+. The number of benzene rings is 1. The van der Waals surface area contributed by atoms with Crippen LogP contribution in [0, 0.1) is 0 Å². The smallest absolute Gasteiger partial charge is 0.330 e. The Bertz CT molecular complexity index is 437. The highest BCUT2D eigenvalue weighted by atomic mass is 16.5. The van der Waals surface area contributed by atoms with Crippen LogP contribution >= 0.6 is 0 Å². The summed E-state index contributed by atoms with van der Waals surface area (Å²) in [4.78, 5) is 22.2. The molecule has 0 aliphatic rings. The van der Waals surface area contributed by atoms with E-state index in [1.807, 2.05) is 30.3 Å². The number of ether oxygens (including phenoxy) is 2. The van der Waals surface area contributed by atoms with E-state index in [1.54, 1.807) is 0 Å². The molecule has 0 amide bonds. The lowest BCUT2D eigenvalue weighted by Gasteiger charge is -2.03. The molecule has 20 heavy (non-hydrogen) atoms. The van der Waals surface area contributed by atoms with Crippen LogP contribution in [0.15, 0.2) is 42.5 Å². The van der Waals surface area contributed by atoms with E-state index in [4.69, 9.17) is 4.74 Å². The summed E-state index contributed by atoms with van der Waals surface area (Å²) in [5, 5.41) is 0. The molecule has 0 unspecified atom stereocenters. The minimum atomic E-state index is -0.510. The molecule has 0 aliphatic heterocycles. The first-order chi connectivity index (χ1) is 9.72. The van der Waals surface area contributed by atoms with Gasteiger partial charge < -0.3 is 9.47 Å². The van der Waals surface area contributed by atoms with Gasteiger partial charge in [0.05, 0.1) is 13.7 Å². The summed E-state index contributed by atoms with van der Waals surface area (Å²) in [6.07, 6.45) is 4.40. The van der Waals surface area contributed by atoms with E-state index < -0.39 is 5.97 Å². The van der Waals surface area contributed by atoms with Gasteiger partial charge in [-0.2, -0.15) is 0 Å². The van der Waals surface area contributed by atoms with E-state index in [1.165, 1.54) is 13.2 Å². The lowest BCUT2D eigenvalue weighted by Crippen LogP contribution is -2.00. The SMILES string of the molecule is COC(=O)/C=C/C(=O)CCCCOCc1ccccc1. The van der Waals surface area contributed by atoms with E-state index in [2.05, 4.69) is 4.74 Å². The molecule has 1 aromatic carbocycles. The summed E-state index contributed by atoms with van der Waals surface area (Å²) >= 11 is 0. The molecule has 0 spiro atoms. The second-order valence-corrected chi connectivity index (χ2v) is 4.32. The van der Waals surface area contributed by atoms with Crippen molar-refractivity contribution in [3.05, 3.63) is 48.0 Å². The zero-order valence-corrected chi connectivity index (χ0v) is 11.7. The lowest BCUT2D eigenvalue weighted by molar-refractivity contribution is -0.135. The molecule has 0 heterocycles. The normalized spacial score (nSPS) is 10.7. The Morgan fingerprint density at radius 3 is 2.55 bits per heavy atom. The maximum absolute atomic E-state index is 11.4. The average molecular weight is 276 g/mol. The van der Waals surface area contributed by atoms with Crippen molar-refractivity contribution in [2.75, 3.05) is 13.7 Å². The van der Waals surface area contributed by atoms with Gasteiger partial charge in [-0.05, 0) is 24.5 Å². The Kier molecular flexibility index (Phi) is 7.99. The summed E-state index contributed by atoms with van der Waals surface area (Å²) < 4.78 is 9.92. The number of ketones is 1. The van der Waals surface area contributed by atoms with Crippen LogP contribution in [-0.2, 0) is 25.7 Å². The first-order valence-corrected chi connectivity index (χ1v) is 6.63. The fraction of sp³-hybridized carbons (Fsp3) is 0.375. The topological polar surface area (TPSA) is 52.6 Å². The Balaban J connectivity index is 2.03. The van der Waals surface area contributed by atoms with Crippen molar-refractivity contribution in [3.8, 4) is 0 Å². The van der Waals surface area contributed by atoms with Crippen molar-refractivity contribution in [2.24, 2.45) is 0 Å². The van der Waals surface area contributed by atoms with Gasteiger partial charge in [-0.1, -0.05) is 30.3 Å². The van der Waals surface area contributed by atoms with Gasteiger partial charge in [0, 0.05) is 19.1 Å². The van der Waals surface area contributed by atoms with Gasteiger partial charge >= 0.3 is 5.97 Å². The summed E-state index contributed by atoms with van der Waals surface area (Å²) in [5.41, 5.74) is 1.14. The van der Waals surface area contributed by atoms with Gasteiger partial charge in [0.15, 0.2) is 5.78 Å². The number of rotatable bonds is 9. The summed E-state index contributed by atoms with van der Waals surface area (Å²) in [6.45, 7) is 1.22. The molecule has 0 aromatic heterocycles. The zero-order chi connectivity index (χ0) is 14.6. The van der Waals surface area contributed by atoms with Crippen molar-refractivity contribution in [2.45, 2.75) is 25.9 Å². The molecular formula is C16H20O4. The van der Waals surface area contributed by atoms with Crippen molar-refractivity contribution in [1.82, 2.24) is 0 Å². The van der Waals surface area contributed by atoms with Crippen molar-refractivity contribution < 1.29 is 19.1 Å². The highest BCUT2D eigenvalue weighted by Gasteiger charge is 1.99. The number of carbonyl (C=O) groups is 2. The van der Waals surface area contributed by atoms with Crippen LogP contribution in [0.3, 0.4) is 0 Å². The van der Waals surface area contributed by atoms with Gasteiger partial charge in [-0.25, -0.2) is 4.79 Å². The number of unbranched alkanes of at least 4 members (excludes halogenated alkanes) is 1. The van der Waals surface area contributed by atoms with Gasteiger partial charge in [0.1, 0.15) is 0 Å². The number of allylic oxidation sites excluding steroid dienone is 1. The highest BCUT2D eigenvalue weighted by Crippen LogP contribution is 2.03. The number of hydrogen-bond donors (Lipinski definition) is 0. The van der Waals surface area contributed by atoms with Crippen LogP contribution in [-0.4, -0.2) is 25.5 Å². The molecule has 0 fully saturated rings. The van der Waals surface area contributed by atoms with Crippen molar-refractivity contribution >= 4 is 11.8 Å². The predicted octanol–water partition coefficient (Wildman–Crippen LogP) is 2.67. The van der Waals surface area contributed by atoms with E-state index in [9.17, 15) is 9.59 Å². The highest BCUT2D eigenvalue weighted by molar-refractivity contribution is 5.95. The molecule has 0 saturated heterocycles. The molecule has 0 aliphatic carbocycles. The maximum Gasteiger partial charge on any atom is 0.330 e. The van der Waals surface area contributed by atoms with Crippen molar-refractivity contribution in [1.29, 1.82) is 0 Å². The van der Waals surface area contributed by atoms with Crippen LogP contribution in [0.4, 0.5) is 0 Å². The molecule has 0 saturated carbocycles. The van der Waals surface area contributed by atoms with Crippen LogP contribution in [0.2, 0.25) is 0 Å². The lowest BCUT2D eigenvalue weighted by atomic mass is 10.2. The van der Waals surface area contributed by atoms with Gasteiger partial charge in [0.2, 0.25) is 0 Å². The van der Waals surface area contributed by atoms with E-state index in [0.29, 0.717) is 19.6 Å². The minimum Gasteiger partial charge on any atom is -0.466 e. The number of hydrogen-bond acceptors (Lipinski definition) is 4. The molecule has 1 aromatic rings. The van der Waals surface area contributed by atoms with Gasteiger partial charge in [-0.3, -0.25) is 4.79 Å².